The predicted octanol–water partition coefficient (Wildman–Crippen LogP) is 6.23. The monoisotopic (exact) mass is 488 g/mol. The van der Waals surface area contributed by atoms with Crippen molar-refractivity contribution in [2.24, 2.45) is 11.8 Å². The van der Waals surface area contributed by atoms with E-state index >= 15 is 0 Å². The average Bonchev–Trinajstić information content (AvgIpc) is 3.39. The summed E-state index contributed by atoms with van der Waals surface area (Å²) in [4.78, 5) is 18.1. The molecule has 36 heavy (non-hydrogen) atoms. The van der Waals surface area contributed by atoms with Crippen LogP contribution in [0.4, 0.5) is 0 Å². The van der Waals surface area contributed by atoms with Gasteiger partial charge in [0.25, 0.3) is 5.91 Å². The number of furan rings is 1. The van der Waals surface area contributed by atoms with Crippen LogP contribution < -0.4 is 4.74 Å². The minimum atomic E-state index is 0.118. The summed E-state index contributed by atoms with van der Waals surface area (Å²) in [6.45, 7) is 14.6. The molecule has 0 saturated carbocycles. The molecular formula is C31H40N2O3. The van der Waals surface area contributed by atoms with Gasteiger partial charge in [-0.15, -0.1) is 0 Å². The zero-order valence-electron chi connectivity index (χ0n) is 22.6. The number of hydrogen-bond acceptors (Lipinski definition) is 4. The molecule has 1 aliphatic rings. The van der Waals surface area contributed by atoms with Crippen LogP contribution in [0, 0.1) is 32.6 Å². The number of nitrogens with zero attached hydrogens (tertiary/aromatic N) is 2. The first-order valence-electron chi connectivity index (χ1n) is 13.0. The molecular weight excluding hydrogens is 448 g/mol. The zero-order chi connectivity index (χ0) is 25.8. The molecule has 0 bridgehead atoms. The van der Waals surface area contributed by atoms with Crippen LogP contribution >= 0.6 is 0 Å². The van der Waals surface area contributed by atoms with Crippen molar-refractivity contribution in [1.29, 1.82) is 0 Å². The molecule has 2 aromatic carbocycles. The summed E-state index contributed by atoms with van der Waals surface area (Å²) in [5.41, 5.74) is 4.41. The minimum absolute atomic E-state index is 0.118. The molecule has 0 spiro atoms. The molecule has 2 unspecified atom stereocenters. The van der Waals surface area contributed by atoms with Gasteiger partial charge in [-0.05, 0) is 74.1 Å². The number of likely N-dealkylation sites (tertiary alicyclic amines) is 1. The second kappa shape index (κ2) is 11.3. The Morgan fingerprint density at radius 3 is 2.33 bits per heavy atom. The largest absolute Gasteiger partial charge is 0.497 e. The second-order valence-corrected chi connectivity index (χ2v) is 10.8. The number of ether oxygens (including phenoxy) is 1. The van der Waals surface area contributed by atoms with Crippen LogP contribution in [-0.2, 0) is 6.54 Å². The first kappa shape index (κ1) is 26.0. The number of methoxy groups -OCH3 is 1. The highest BCUT2D eigenvalue weighted by Gasteiger charge is 2.36. The molecule has 4 rings (SSSR count). The lowest BCUT2D eigenvalue weighted by atomic mass is 9.88. The fraction of sp³-hybridized carbons (Fsp3) is 0.452. The third kappa shape index (κ3) is 6.19. The van der Waals surface area contributed by atoms with Crippen LogP contribution in [0.2, 0.25) is 0 Å². The SMILES string of the molecule is COc1ccc(C2CN(Cc3cc(C)c(C)o3)CC2CN(CC(C)C)C(=O)c2ccc(C)cc2)cc1. The predicted molar refractivity (Wildman–Crippen MR) is 145 cm³/mol. The van der Waals surface area contributed by atoms with E-state index in [1.54, 1.807) is 7.11 Å². The average molecular weight is 489 g/mol. The van der Waals surface area contributed by atoms with E-state index in [2.05, 4.69) is 55.7 Å². The summed E-state index contributed by atoms with van der Waals surface area (Å²) in [6.07, 6.45) is 0. The molecule has 1 aliphatic heterocycles. The molecule has 1 aromatic heterocycles. The van der Waals surface area contributed by atoms with E-state index in [-0.39, 0.29) is 5.91 Å². The maximum absolute atomic E-state index is 13.6. The summed E-state index contributed by atoms with van der Waals surface area (Å²) in [7, 11) is 1.70. The van der Waals surface area contributed by atoms with Gasteiger partial charge in [-0.2, -0.15) is 0 Å². The Bertz CT molecular complexity index is 1130. The molecule has 192 valence electrons. The Hall–Kier alpha value is -3.05. The van der Waals surface area contributed by atoms with Gasteiger partial charge in [0.2, 0.25) is 0 Å². The highest BCUT2D eigenvalue weighted by Crippen LogP contribution is 2.35. The maximum Gasteiger partial charge on any atom is 0.253 e. The lowest BCUT2D eigenvalue weighted by Gasteiger charge is -2.30. The standard InChI is InChI=1S/C31H40N2O3/c1-21(2)16-33(31(34)26-9-7-22(3)8-10-26)18-27-17-32(19-29-15-23(4)24(5)36-29)20-30(27)25-11-13-28(35-6)14-12-25/h7-15,21,27,30H,16-20H2,1-6H3. The van der Waals surface area contributed by atoms with E-state index in [0.717, 1.165) is 61.1 Å². The van der Waals surface area contributed by atoms with Gasteiger partial charge in [-0.25, -0.2) is 0 Å². The summed E-state index contributed by atoms with van der Waals surface area (Å²) in [5, 5.41) is 0. The van der Waals surface area contributed by atoms with E-state index in [0.29, 0.717) is 17.8 Å². The summed E-state index contributed by atoms with van der Waals surface area (Å²) < 4.78 is 11.4. The molecule has 2 atom stereocenters. The fourth-order valence-corrected chi connectivity index (χ4v) is 5.29. The number of amides is 1. The number of benzene rings is 2. The van der Waals surface area contributed by atoms with Gasteiger partial charge < -0.3 is 14.1 Å². The lowest BCUT2D eigenvalue weighted by Crippen LogP contribution is -2.39. The van der Waals surface area contributed by atoms with Crippen LogP contribution in [0.5, 0.6) is 5.75 Å². The van der Waals surface area contributed by atoms with Crippen LogP contribution in [-0.4, -0.2) is 49.0 Å². The number of carbonyl (C=O) groups excluding carboxylic acids is 1. The Morgan fingerprint density at radius 2 is 1.75 bits per heavy atom. The Kier molecular flexibility index (Phi) is 8.20. The number of hydrogen-bond donors (Lipinski definition) is 0. The van der Waals surface area contributed by atoms with E-state index in [1.165, 1.54) is 11.1 Å². The molecule has 0 aliphatic carbocycles. The van der Waals surface area contributed by atoms with Gasteiger partial charge in [0.15, 0.2) is 0 Å². The molecule has 1 saturated heterocycles. The first-order valence-corrected chi connectivity index (χ1v) is 13.0. The third-order valence-electron chi connectivity index (χ3n) is 7.28. The van der Waals surface area contributed by atoms with Crippen molar-refractivity contribution in [3.8, 4) is 5.75 Å². The van der Waals surface area contributed by atoms with E-state index in [9.17, 15) is 4.79 Å². The van der Waals surface area contributed by atoms with Gasteiger partial charge >= 0.3 is 0 Å². The van der Waals surface area contributed by atoms with Crippen LogP contribution in [0.1, 0.15) is 58.3 Å². The van der Waals surface area contributed by atoms with Gasteiger partial charge in [0.1, 0.15) is 17.3 Å². The van der Waals surface area contributed by atoms with Crippen molar-refractivity contribution in [3.63, 3.8) is 0 Å². The normalized spacial score (nSPS) is 18.1. The van der Waals surface area contributed by atoms with Crippen LogP contribution in [0.3, 0.4) is 0 Å². The van der Waals surface area contributed by atoms with Gasteiger partial charge in [-0.1, -0.05) is 43.7 Å². The highest BCUT2D eigenvalue weighted by molar-refractivity contribution is 5.94. The number of aryl methyl sites for hydroxylation is 3. The van der Waals surface area contributed by atoms with Crippen LogP contribution in [0.25, 0.3) is 0 Å². The molecule has 0 radical (unpaired) electrons. The zero-order valence-corrected chi connectivity index (χ0v) is 22.6. The number of carbonyl (C=O) groups is 1. The lowest BCUT2D eigenvalue weighted by molar-refractivity contribution is 0.0703. The summed E-state index contributed by atoms with van der Waals surface area (Å²) >= 11 is 0. The Balaban J connectivity index is 1.58. The quantitative estimate of drug-likeness (QED) is 0.358. The molecule has 1 fully saturated rings. The van der Waals surface area contributed by atoms with Gasteiger partial charge in [0, 0.05) is 37.7 Å². The van der Waals surface area contributed by atoms with E-state index in [1.807, 2.05) is 43.3 Å². The molecule has 3 aromatic rings. The van der Waals surface area contributed by atoms with Gasteiger partial charge in [0.05, 0.1) is 13.7 Å². The first-order chi connectivity index (χ1) is 17.2. The van der Waals surface area contributed by atoms with Crippen molar-refractivity contribution in [2.75, 3.05) is 33.3 Å². The van der Waals surface area contributed by atoms with E-state index < -0.39 is 0 Å². The summed E-state index contributed by atoms with van der Waals surface area (Å²) in [6, 6.07) is 18.5. The number of rotatable bonds is 9. The van der Waals surface area contributed by atoms with Crippen molar-refractivity contribution in [2.45, 2.75) is 47.1 Å². The maximum atomic E-state index is 13.6. The van der Waals surface area contributed by atoms with Gasteiger partial charge in [-0.3, -0.25) is 9.69 Å². The molecule has 2 heterocycles. The highest BCUT2D eigenvalue weighted by atomic mass is 16.5. The van der Waals surface area contributed by atoms with Crippen molar-refractivity contribution < 1.29 is 13.9 Å². The van der Waals surface area contributed by atoms with Crippen molar-refractivity contribution >= 4 is 5.91 Å². The van der Waals surface area contributed by atoms with Crippen molar-refractivity contribution in [1.82, 2.24) is 9.80 Å². The molecule has 5 heteroatoms. The molecule has 0 N–H and O–H groups in total. The topological polar surface area (TPSA) is 45.9 Å². The fourth-order valence-electron chi connectivity index (χ4n) is 5.29. The smallest absolute Gasteiger partial charge is 0.253 e. The molecule has 5 nitrogen and oxygen atoms in total. The molecule has 1 amide bonds. The van der Waals surface area contributed by atoms with E-state index in [4.69, 9.17) is 9.15 Å². The minimum Gasteiger partial charge on any atom is -0.497 e. The Labute approximate surface area is 216 Å². The van der Waals surface area contributed by atoms with Crippen LogP contribution in [0.15, 0.2) is 59.0 Å². The third-order valence-corrected chi connectivity index (χ3v) is 7.28. The Morgan fingerprint density at radius 1 is 1.06 bits per heavy atom. The second-order valence-electron chi connectivity index (χ2n) is 10.8. The summed E-state index contributed by atoms with van der Waals surface area (Å²) in [5.74, 6) is 4.02. The van der Waals surface area contributed by atoms with Crippen molar-refractivity contribution in [3.05, 3.63) is 88.4 Å².